The van der Waals surface area contributed by atoms with Crippen molar-refractivity contribution in [1.29, 1.82) is 0 Å². The van der Waals surface area contributed by atoms with Crippen LogP contribution in [0.5, 0.6) is 0 Å². The fraction of sp³-hybridized carbons (Fsp3) is 0.838. The summed E-state index contributed by atoms with van der Waals surface area (Å²) < 4.78 is 13.3. The lowest BCUT2D eigenvalue weighted by Gasteiger charge is -2.45. The predicted molar refractivity (Wildman–Crippen MR) is 177 cm³/mol. The minimum Gasteiger partial charge on any atom is -0.481 e. The molecule has 0 aromatic carbocycles. The van der Waals surface area contributed by atoms with Crippen molar-refractivity contribution >= 4 is 11.9 Å². The first-order chi connectivity index (χ1) is 20.6. The summed E-state index contributed by atoms with van der Waals surface area (Å²) in [4.78, 5) is 25.8. The van der Waals surface area contributed by atoms with Gasteiger partial charge in [0.25, 0.3) is 0 Å². The molecule has 1 rings (SSSR count). The molecule has 0 aromatic rings. The third-order valence-electron chi connectivity index (χ3n) is 8.80. The van der Waals surface area contributed by atoms with Crippen LogP contribution in [0.4, 0.5) is 0 Å². The Morgan fingerprint density at radius 1 is 0.698 bits per heavy atom. The van der Waals surface area contributed by atoms with Gasteiger partial charge in [0.2, 0.25) is 0 Å². The quantitative estimate of drug-likeness (QED) is 0.0714. The molecule has 43 heavy (non-hydrogen) atoms. The number of carbonyl (C=O) groups is 2. The second-order valence-electron chi connectivity index (χ2n) is 13.6. The molecule has 2 N–H and O–H groups in total. The van der Waals surface area contributed by atoms with Crippen LogP contribution in [0.15, 0.2) is 23.8 Å². The lowest BCUT2D eigenvalue weighted by Crippen LogP contribution is -2.51. The Labute approximate surface area is 264 Å². The van der Waals surface area contributed by atoms with Crippen molar-refractivity contribution in [3.8, 4) is 0 Å². The lowest BCUT2D eigenvalue weighted by atomic mass is 9.69. The normalized spacial score (nSPS) is 20.0. The van der Waals surface area contributed by atoms with Crippen molar-refractivity contribution in [1.82, 2.24) is 0 Å². The summed E-state index contributed by atoms with van der Waals surface area (Å²) in [5, 5.41) is 21.1. The highest BCUT2D eigenvalue weighted by Gasteiger charge is 2.51. The maximum atomic E-state index is 13.0. The van der Waals surface area contributed by atoms with Gasteiger partial charge in [0, 0.05) is 0 Å². The Kier molecular flexibility index (Phi) is 20.9. The van der Waals surface area contributed by atoms with Gasteiger partial charge in [0.05, 0.1) is 31.0 Å². The largest absolute Gasteiger partial charge is 0.481 e. The van der Waals surface area contributed by atoms with E-state index in [1.165, 1.54) is 25.7 Å². The Bertz CT molecular complexity index is 816. The summed E-state index contributed by atoms with van der Waals surface area (Å²) in [6.45, 7) is 13.9. The summed E-state index contributed by atoms with van der Waals surface area (Å²) in [7, 11) is 0. The van der Waals surface area contributed by atoms with Crippen molar-refractivity contribution in [3.05, 3.63) is 23.8 Å². The minimum absolute atomic E-state index is 0.456. The number of hydrogen-bond donors (Lipinski definition) is 2. The van der Waals surface area contributed by atoms with Gasteiger partial charge in [0.1, 0.15) is 0 Å². The van der Waals surface area contributed by atoms with E-state index in [0.29, 0.717) is 43.5 Å². The average molecular weight is 607 g/mol. The van der Waals surface area contributed by atoms with Crippen LogP contribution in [0.25, 0.3) is 0 Å². The molecule has 0 bridgehead atoms. The molecule has 0 spiro atoms. The van der Waals surface area contributed by atoms with Crippen LogP contribution < -0.4 is 0 Å². The molecular formula is C37H66O6. The summed E-state index contributed by atoms with van der Waals surface area (Å²) in [6, 6.07) is 0. The van der Waals surface area contributed by atoms with Crippen molar-refractivity contribution < 1.29 is 29.3 Å². The summed E-state index contributed by atoms with van der Waals surface area (Å²) in [6.07, 6.45) is 22.0. The predicted octanol–water partition coefficient (Wildman–Crippen LogP) is 10.2. The second kappa shape index (κ2) is 22.8. The van der Waals surface area contributed by atoms with Gasteiger partial charge in [-0.05, 0) is 49.2 Å². The number of allylic oxidation sites excluding steroid dienone is 2. The van der Waals surface area contributed by atoms with Gasteiger partial charge in [-0.15, -0.1) is 0 Å². The van der Waals surface area contributed by atoms with Crippen LogP contribution in [0, 0.1) is 29.6 Å². The van der Waals surface area contributed by atoms with Gasteiger partial charge in [-0.25, -0.2) is 0 Å². The monoisotopic (exact) mass is 606 g/mol. The highest BCUT2D eigenvalue weighted by Crippen LogP contribution is 2.46. The van der Waals surface area contributed by atoms with Gasteiger partial charge in [-0.1, -0.05) is 137 Å². The molecule has 4 atom stereocenters. The van der Waals surface area contributed by atoms with E-state index in [2.05, 4.69) is 41.5 Å². The molecule has 4 unspecified atom stereocenters. The van der Waals surface area contributed by atoms with Gasteiger partial charge in [-0.3, -0.25) is 9.59 Å². The zero-order valence-corrected chi connectivity index (χ0v) is 28.6. The molecule has 250 valence electrons. The van der Waals surface area contributed by atoms with E-state index in [1.54, 1.807) is 0 Å². The molecular weight excluding hydrogens is 540 g/mol. The number of rotatable bonds is 27. The van der Waals surface area contributed by atoms with Crippen LogP contribution in [-0.2, 0) is 19.1 Å². The molecule has 1 aliphatic carbocycles. The lowest BCUT2D eigenvalue weighted by molar-refractivity contribution is -0.241. The van der Waals surface area contributed by atoms with Crippen molar-refractivity contribution in [2.75, 3.05) is 13.2 Å². The minimum atomic E-state index is -1.29. The maximum Gasteiger partial charge on any atom is 0.310 e. The molecule has 0 radical (unpaired) electrons. The van der Waals surface area contributed by atoms with E-state index >= 15 is 0 Å². The van der Waals surface area contributed by atoms with E-state index < -0.39 is 35.5 Å². The number of hydrogen-bond acceptors (Lipinski definition) is 4. The van der Waals surface area contributed by atoms with Crippen molar-refractivity contribution in [2.45, 2.75) is 156 Å². The smallest absolute Gasteiger partial charge is 0.310 e. The highest BCUT2D eigenvalue weighted by molar-refractivity contribution is 5.76. The molecule has 0 aliphatic heterocycles. The molecule has 0 saturated carbocycles. The molecule has 0 heterocycles. The summed E-state index contributed by atoms with van der Waals surface area (Å²) >= 11 is 0. The number of ether oxygens (including phenoxy) is 2. The first-order valence-corrected chi connectivity index (χ1v) is 17.7. The van der Waals surface area contributed by atoms with Crippen LogP contribution in [0.3, 0.4) is 0 Å². The van der Waals surface area contributed by atoms with E-state index in [9.17, 15) is 19.8 Å². The fourth-order valence-electron chi connectivity index (χ4n) is 6.29. The average Bonchev–Trinajstić information content (AvgIpc) is 2.94. The molecule has 0 fully saturated rings. The van der Waals surface area contributed by atoms with Crippen LogP contribution in [-0.4, -0.2) is 41.2 Å². The molecule has 6 heteroatoms. The molecule has 0 saturated heterocycles. The third kappa shape index (κ3) is 15.3. The Hall–Kier alpha value is -1.66. The Morgan fingerprint density at radius 3 is 1.65 bits per heavy atom. The van der Waals surface area contributed by atoms with Gasteiger partial charge in [0.15, 0.2) is 5.79 Å². The highest BCUT2D eigenvalue weighted by atomic mass is 16.7. The maximum absolute atomic E-state index is 13.0. The Balaban J connectivity index is 3.44. The third-order valence-corrected chi connectivity index (χ3v) is 8.80. The van der Waals surface area contributed by atoms with E-state index in [-0.39, 0.29) is 0 Å². The van der Waals surface area contributed by atoms with E-state index in [1.807, 2.05) is 18.2 Å². The number of carboxylic acid groups (broad SMARTS) is 2. The molecule has 0 aromatic heterocycles. The first kappa shape index (κ1) is 39.4. The fourth-order valence-corrected chi connectivity index (χ4v) is 6.29. The van der Waals surface area contributed by atoms with Crippen LogP contribution in [0.2, 0.25) is 0 Å². The van der Waals surface area contributed by atoms with Crippen molar-refractivity contribution in [2.24, 2.45) is 29.6 Å². The van der Waals surface area contributed by atoms with E-state index in [4.69, 9.17) is 9.47 Å². The summed E-state index contributed by atoms with van der Waals surface area (Å²) in [5.74, 6) is -4.41. The van der Waals surface area contributed by atoms with Crippen LogP contribution >= 0.6 is 0 Å². The van der Waals surface area contributed by atoms with E-state index in [0.717, 1.165) is 70.6 Å². The zero-order valence-electron chi connectivity index (χ0n) is 28.6. The first-order valence-electron chi connectivity index (χ1n) is 17.7. The number of aliphatic carboxylic acids is 2. The van der Waals surface area contributed by atoms with Crippen LogP contribution in [0.1, 0.15) is 151 Å². The molecule has 1 aliphatic rings. The second-order valence-corrected chi connectivity index (χ2v) is 13.6. The topological polar surface area (TPSA) is 93.1 Å². The van der Waals surface area contributed by atoms with Crippen molar-refractivity contribution in [3.63, 3.8) is 0 Å². The standard InChI is InChI=1S/C37H66O6/c1-7-9-11-13-15-17-28-43-37(42-27-16-14-12-10-8-2)26-20-25-31(32(35(38)39)23-18-21-29(3)4)34(37)33(36(40)41)24-19-22-30(5)6/h20,25-26,29-30,32-34H,7-19,21-24,27-28H2,1-6H3,(H,38,39)(H,40,41). The molecule has 0 amide bonds. The number of carboxylic acids is 2. The van der Waals surface area contributed by atoms with Gasteiger partial charge >= 0.3 is 11.9 Å². The SMILES string of the molecule is CCCCCCCCOC1(OCCCCCCC)C=CC=C(C(CCCC(C)C)C(=O)O)C1C(CCCC(C)C)C(=O)O. The molecule has 6 nitrogen and oxygen atoms in total. The Morgan fingerprint density at radius 2 is 1.19 bits per heavy atom. The summed E-state index contributed by atoms with van der Waals surface area (Å²) in [5.41, 5.74) is 0.643. The van der Waals surface area contributed by atoms with Gasteiger partial charge < -0.3 is 19.7 Å². The number of unbranched alkanes of at least 4 members (excludes halogenated alkanes) is 9. The zero-order chi connectivity index (χ0) is 32.1. The van der Waals surface area contributed by atoms with Gasteiger partial charge in [-0.2, -0.15) is 0 Å².